The molecule has 0 N–H and O–H groups in total. The maximum absolute atomic E-state index is 13.1. The largest absolute Gasteiger partial charge is 0.464 e. The van der Waals surface area contributed by atoms with Crippen molar-refractivity contribution in [2.75, 3.05) is 18.1 Å². The first-order valence-corrected chi connectivity index (χ1v) is 11.7. The number of amides is 1. The summed E-state index contributed by atoms with van der Waals surface area (Å²) in [7, 11) is -3.03. The molecule has 2 aromatic rings. The summed E-state index contributed by atoms with van der Waals surface area (Å²) in [5.41, 5.74) is 4.46. The van der Waals surface area contributed by atoms with Crippen LogP contribution in [0.4, 0.5) is 0 Å². The van der Waals surface area contributed by atoms with E-state index in [4.69, 9.17) is 4.42 Å². The Balaban J connectivity index is 1.58. The van der Waals surface area contributed by atoms with Crippen molar-refractivity contribution in [3.8, 4) is 0 Å². The molecule has 2 heterocycles. The summed E-state index contributed by atoms with van der Waals surface area (Å²) in [6.45, 7) is 4.70. The first-order valence-electron chi connectivity index (χ1n) is 9.84. The van der Waals surface area contributed by atoms with Crippen molar-refractivity contribution in [3.63, 3.8) is 0 Å². The van der Waals surface area contributed by atoms with E-state index in [2.05, 4.69) is 26.0 Å². The van der Waals surface area contributed by atoms with Crippen LogP contribution >= 0.6 is 0 Å². The van der Waals surface area contributed by atoms with Crippen LogP contribution in [0.2, 0.25) is 0 Å². The number of hydrogen-bond acceptors (Lipinski definition) is 4. The van der Waals surface area contributed by atoms with Gasteiger partial charge >= 0.3 is 0 Å². The molecule has 1 amide bonds. The first kappa shape index (κ1) is 18.5. The molecule has 1 saturated heterocycles. The molecule has 5 nitrogen and oxygen atoms in total. The van der Waals surface area contributed by atoms with Gasteiger partial charge in [-0.25, -0.2) is 8.42 Å². The van der Waals surface area contributed by atoms with Gasteiger partial charge in [-0.15, -0.1) is 0 Å². The van der Waals surface area contributed by atoms with E-state index in [-0.39, 0.29) is 29.9 Å². The van der Waals surface area contributed by atoms with Gasteiger partial charge in [0, 0.05) is 23.5 Å². The van der Waals surface area contributed by atoms with Crippen LogP contribution in [0.1, 0.15) is 43.4 Å². The van der Waals surface area contributed by atoms with Crippen LogP contribution in [0, 0.1) is 5.92 Å². The Bertz CT molecular complexity index is 973. The Morgan fingerprint density at radius 3 is 2.67 bits per heavy atom. The summed E-state index contributed by atoms with van der Waals surface area (Å²) < 4.78 is 29.5. The van der Waals surface area contributed by atoms with Gasteiger partial charge in [0.15, 0.2) is 9.84 Å². The van der Waals surface area contributed by atoms with Crippen molar-refractivity contribution in [2.24, 2.45) is 5.92 Å². The molecule has 1 fully saturated rings. The normalized spacial score (nSPS) is 21.1. The van der Waals surface area contributed by atoms with Crippen molar-refractivity contribution < 1.29 is 17.6 Å². The second-order valence-corrected chi connectivity index (χ2v) is 10.6. The van der Waals surface area contributed by atoms with Crippen LogP contribution in [0.25, 0.3) is 11.0 Å². The van der Waals surface area contributed by atoms with E-state index >= 15 is 0 Å². The number of rotatable bonds is 5. The number of aryl methyl sites for hydroxylation is 2. The first-order chi connectivity index (χ1) is 12.8. The quantitative estimate of drug-likeness (QED) is 0.788. The summed E-state index contributed by atoms with van der Waals surface area (Å²) in [5, 5.41) is 1.02. The third-order valence-electron chi connectivity index (χ3n) is 5.74. The number of benzene rings is 1. The highest BCUT2D eigenvalue weighted by Crippen LogP contribution is 2.31. The third-order valence-corrected chi connectivity index (χ3v) is 7.49. The fraction of sp³-hybridized carbons (Fsp3) is 0.571. The van der Waals surface area contributed by atoms with Crippen LogP contribution in [-0.2, 0) is 33.9 Å². The lowest BCUT2D eigenvalue weighted by atomic mass is 10.0. The topological polar surface area (TPSA) is 67.6 Å². The van der Waals surface area contributed by atoms with E-state index in [9.17, 15) is 13.2 Å². The maximum atomic E-state index is 13.1. The standard InChI is InChI=1S/C21H27NO4S/c1-14(2)11-22(18-6-7-27(24,25)13-18)21(23)10-17-12-26-20-9-16-5-3-4-15(16)8-19(17)20/h8-9,12,14,18H,3-7,10-11,13H2,1-2H3. The number of fused-ring (bicyclic) bond motifs is 2. The molecule has 146 valence electrons. The second kappa shape index (κ2) is 6.97. The molecule has 0 radical (unpaired) electrons. The highest BCUT2D eigenvalue weighted by Gasteiger charge is 2.35. The minimum absolute atomic E-state index is 0.00556. The van der Waals surface area contributed by atoms with Gasteiger partial charge in [-0.2, -0.15) is 0 Å². The maximum Gasteiger partial charge on any atom is 0.227 e. The molecule has 4 rings (SSSR count). The van der Waals surface area contributed by atoms with Crippen LogP contribution < -0.4 is 0 Å². The molecule has 0 spiro atoms. The van der Waals surface area contributed by atoms with E-state index in [1.165, 1.54) is 17.5 Å². The van der Waals surface area contributed by atoms with E-state index < -0.39 is 9.84 Å². The zero-order valence-corrected chi connectivity index (χ0v) is 16.8. The fourth-order valence-electron chi connectivity index (χ4n) is 4.42. The predicted octanol–water partition coefficient (Wildman–Crippen LogP) is 3.14. The summed E-state index contributed by atoms with van der Waals surface area (Å²) in [6.07, 6.45) is 5.85. The Morgan fingerprint density at radius 1 is 1.26 bits per heavy atom. The van der Waals surface area contributed by atoms with Crippen LogP contribution in [-0.4, -0.2) is 43.3 Å². The van der Waals surface area contributed by atoms with Gasteiger partial charge < -0.3 is 9.32 Å². The van der Waals surface area contributed by atoms with Crippen molar-refractivity contribution >= 4 is 26.7 Å². The number of hydrogen-bond donors (Lipinski definition) is 0. The SMILES string of the molecule is CC(C)CN(C(=O)Cc1coc2cc3c(cc12)CCC3)C1CCS(=O)(=O)C1. The van der Waals surface area contributed by atoms with Crippen LogP contribution in [0.15, 0.2) is 22.8 Å². The Hall–Kier alpha value is -1.82. The third kappa shape index (κ3) is 3.77. The van der Waals surface area contributed by atoms with Crippen molar-refractivity contribution in [1.82, 2.24) is 4.90 Å². The van der Waals surface area contributed by atoms with E-state index in [0.717, 1.165) is 29.4 Å². The zero-order valence-electron chi connectivity index (χ0n) is 16.0. The molecule has 0 bridgehead atoms. The number of sulfone groups is 1. The number of nitrogens with zero attached hydrogens (tertiary/aromatic N) is 1. The lowest BCUT2D eigenvalue weighted by Crippen LogP contribution is -2.44. The minimum atomic E-state index is -3.03. The molecule has 27 heavy (non-hydrogen) atoms. The molecule has 1 aliphatic carbocycles. The molecule has 1 unspecified atom stereocenters. The molecular weight excluding hydrogens is 362 g/mol. The molecule has 1 aromatic carbocycles. The van der Waals surface area contributed by atoms with Gasteiger partial charge in [0.1, 0.15) is 5.58 Å². The Kier molecular flexibility index (Phi) is 4.78. The van der Waals surface area contributed by atoms with Crippen molar-refractivity contribution in [2.45, 2.75) is 52.0 Å². The highest BCUT2D eigenvalue weighted by atomic mass is 32.2. The van der Waals surface area contributed by atoms with Gasteiger partial charge in [-0.05, 0) is 54.9 Å². The van der Waals surface area contributed by atoms with E-state index in [1.807, 2.05) is 0 Å². The molecule has 1 aliphatic heterocycles. The van der Waals surface area contributed by atoms with Gasteiger partial charge in [0.2, 0.25) is 5.91 Å². The number of carbonyl (C=O) groups is 1. The molecule has 1 aromatic heterocycles. The smallest absolute Gasteiger partial charge is 0.227 e. The highest BCUT2D eigenvalue weighted by molar-refractivity contribution is 7.91. The Labute approximate surface area is 160 Å². The average molecular weight is 390 g/mol. The monoisotopic (exact) mass is 389 g/mol. The van der Waals surface area contributed by atoms with E-state index in [1.54, 1.807) is 11.2 Å². The summed E-state index contributed by atoms with van der Waals surface area (Å²) >= 11 is 0. The fourth-order valence-corrected chi connectivity index (χ4v) is 6.15. The van der Waals surface area contributed by atoms with Crippen molar-refractivity contribution in [1.29, 1.82) is 0 Å². The lowest BCUT2D eigenvalue weighted by molar-refractivity contribution is -0.132. The summed E-state index contributed by atoms with van der Waals surface area (Å²) in [6, 6.07) is 4.09. The minimum Gasteiger partial charge on any atom is -0.464 e. The average Bonchev–Trinajstić information content (AvgIpc) is 3.29. The summed E-state index contributed by atoms with van der Waals surface area (Å²) in [5.74, 6) is 0.557. The Morgan fingerprint density at radius 2 is 2.00 bits per heavy atom. The summed E-state index contributed by atoms with van der Waals surface area (Å²) in [4.78, 5) is 14.9. The van der Waals surface area contributed by atoms with Gasteiger partial charge in [0.25, 0.3) is 0 Å². The zero-order chi connectivity index (χ0) is 19.2. The van der Waals surface area contributed by atoms with Crippen LogP contribution in [0.3, 0.4) is 0 Å². The second-order valence-electron chi connectivity index (χ2n) is 8.41. The molecular formula is C21H27NO4S. The molecule has 2 aliphatic rings. The predicted molar refractivity (Wildman–Crippen MR) is 106 cm³/mol. The van der Waals surface area contributed by atoms with Crippen LogP contribution in [0.5, 0.6) is 0 Å². The number of furan rings is 1. The van der Waals surface area contributed by atoms with Gasteiger partial charge in [-0.1, -0.05) is 13.8 Å². The van der Waals surface area contributed by atoms with E-state index in [0.29, 0.717) is 18.9 Å². The lowest BCUT2D eigenvalue weighted by Gasteiger charge is -2.30. The molecule has 0 saturated carbocycles. The molecule has 6 heteroatoms. The number of carbonyl (C=O) groups excluding carboxylic acids is 1. The van der Waals surface area contributed by atoms with Gasteiger partial charge in [-0.3, -0.25) is 4.79 Å². The van der Waals surface area contributed by atoms with Gasteiger partial charge in [0.05, 0.1) is 24.2 Å². The molecule has 1 atom stereocenters. The van der Waals surface area contributed by atoms with Crippen molar-refractivity contribution in [3.05, 3.63) is 35.1 Å².